The average Bonchev–Trinajstić information content (AvgIpc) is 2.60. The molecule has 1 saturated heterocycles. The predicted octanol–water partition coefficient (Wildman–Crippen LogP) is 3.24. The summed E-state index contributed by atoms with van der Waals surface area (Å²) in [6, 6.07) is 13.3. The van der Waals surface area contributed by atoms with Gasteiger partial charge in [0.25, 0.3) is 0 Å². The van der Waals surface area contributed by atoms with E-state index in [4.69, 9.17) is 11.6 Å². The molecule has 0 N–H and O–H groups in total. The van der Waals surface area contributed by atoms with Crippen LogP contribution in [0.5, 0.6) is 0 Å². The van der Waals surface area contributed by atoms with Crippen LogP contribution in [-0.2, 0) is 22.7 Å². The van der Waals surface area contributed by atoms with Gasteiger partial charge in [0.05, 0.1) is 5.02 Å². The van der Waals surface area contributed by atoms with Gasteiger partial charge in [0, 0.05) is 13.1 Å². The zero-order valence-electron chi connectivity index (χ0n) is 13.8. The highest BCUT2D eigenvalue weighted by Gasteiger charge is 2.36. The van der Waals surface area contributed by atoms with Gasteiger partial charge in [-0.1, -0.05) is 48.0 Å². The van der Waals surface area contributed by atoms with Gasteiger partial charge in [-0.2, -0.15) is 0 Å². The number of hydrogen-bond donors (Lipinski definition) is 0. The highest BCUT2D eigenvalue weighted by Crippen LogP contribution is 2.21. The lowest BCUT2D eigenvalue weighted by atomic mass is 10.1. The lowest BCUT2D eigenvalue weighted by molar-refractivity contribution is -0.156. The fourth-order valence-corrected chi connectivity index (χ4v) is 3.15. The maximum absolute atomic E-state index is 13.3. The van der Waals surface area contributed by atoms with Crippen molar-refractivity contribution >= 4 is 23.4 Å². The molecule has 0 bridgehead atoms. The number of hydrogen-bond acceptors (Lipinski definition) is 2. The Morgan fingerprint density at radius 1 is 1.08 bits per heavy atom. The first-order chi connectivity index (χ1) is 12.0. The number of carbonyl (C=O) groups excluding carboxylic acids is 2. The van der Waals surface area contributed by atoms with Gasteiger partial charge in [-0.05, 0) is 30.2 Å². The maximum atomic E-state index is 13.3. The van der Waals surface area contributed by atoms with E-state index >= 15 is 0 Å². The summed E-state index contributed by atoms with van der Waals surface area (Å²) in [4.78, 5) is 28.2. The van der Waals surface area contributed by atoms with E-state index in [1.54, 1.807) is 17.9 Å². The monoisotopic (exact) mass is 360 g/mol. The van der Waals surface area contributed by atoms with Crippen molar-refractivity contribution in [2.75, 3.05) is 6.54 Å². The normalized spacial score (nSPS) is 18.0. The molecule has 0 unspecified atom stereocenters. The van der Waals surface area contributed by atoms with Crippen molar-refractivity contribution in [3.63, 3.8) is 0 Å². The molecule has 2 aromatic carbocycles. The van der Waals surface area contributed by atoms with Crippen LogP contribution in [0.15, 0.2) is 48.5 Å². The average molecular weight is 361 g/mol. The van der Waals surface area contributed by atoms with Crippen LogP contribution in [0.3, 0.4) is 0 Å². The van der Waals surface area contributed by atoms with Crippen molar-refractivity contribution in [1.82, 2.24) is 9.80 Å². The van der Waals surface area contributed by atoms with E-state index in [0.29, 0.717) is 12.1 Å². The molecular formula is C19H18ClFN2O2. The van der Waals surface area contributed by atoms with E-state index in [0.717, 1.165) is 5.56 Å². The highest BCUT2D eigenvalue weighted by molar-refractivity contribution is 6.30. The molecule has 1 aliphatic heterocycles. The third-order valence-corrected chi connectivity index (χ3v) is 4.63. The Morgan fingerprint density at radius 3 is 2.48 bits per heavy atom. The predicted molar refractivity (Wildman–Crippen MR) is 93.3 cm³/mol. The van der Waals surface area contributed by atoms with Crippen molar-refractivity contribution in [2.24, 2.45) is 0 Å². The number of carbonyl (C=O) groups is 2. The molecule has 25 heavy (non-hydrogen) atoms. The van der Waals surface area contributed by atoms with Gasteiger partial charge in [-0.15, -0.1) is 0 Å². The molecule has 2 aromatic rings. The first-order valence-electron chi connectivity index (χ1n) is 8.02. The van der Waals surface area contributed by atoms with Crippen molar-refractivity contribution in [1.29, 1.82) is 0 Å². The lowest BCUT2D eigenvalue weighted by Crippen LogP contribution is -2.57. The molecule has 3 rings (SSSR count). The van der Waals surface area contributed by atoms with Crippen LogP contribution in [0.2, 0.25) is 5.02 Å². The minimum atomic E-state index is -0.575. The van der Waals surface area contributed by atoms with Crippen LogP contribution in [-0.4, -0.2) is 34.2 Å². The summed E-state index contributed by atoms with van der Waals surface area (Å²) in [6.07, 6.45) is 0. The first-order valence-corrected chi connectivity index (χ1v) is 8.39. The number of piperazine rings is 1. The zero-order chi connectivity index (χ0) is 18.0. The third kappa shape index (κ3) is 3.82. The SMILES string of the molecule is C[C@@H]1C(=O)N(Cc2ccccc2)CC(=O)N1Cc1ccc(F)c(Cl)c1. The van der Waals surface area contributed by atoms with Crippen molar-refractivity contribution in [3.8, 4) is 0 Å². The summed E-state index contributed by atoms with van der Waals surface area (Å²) in [5.41, 5.74) is 1.67. The Kier molecular flexibility index (Phi) is 5.04. The molecule has 0 spiro atoms. The third-order valence-electron chi connectivity index (χ3n) is 4.34. The number of benzene rings is 2. The fourth-order valence-electron chi connectivity index (χ4n) is 2.94. The van der Waals surface area contributed by atoms with Gasteiger partial charge in [0.15, 0.2) is 0 Å². The summed E-state index contributed by atoms with van der Waals surface area (Å²) in [7, 11) is 0. The number of rotatable bonds is 4. The Bertz CT molecular complexity index is 797. The summed E-state index contributed by atoms with van der Waals surface area (Å²) >= 11 is 5.79. The molecule has 0 saturated carbocycles. The minimum Gasteiger partial charge on any atom is -0.327 e. The van der Waals surface area contributed by atoms with E-state index < -0.39 is 11.9 Å². The molecule has 1 heterocycles. The number of amides is 2. The van der Waals surface area contributed by atoms with Crippen molar-refractivity contribution < 1.29 is 14.0 Å². The van der Waals surface area contributed by atoms with Gasteiger partial charge in [-0.25, -0.2) is 4.39 Å². The Hall–Kier alpha value is -2.40. The molecule has 0 aromatic heterocycles. The van der Waals surface area contributed by atoms with Gasteiger partial charge in [-0.3, -0.25) is 9.59 Å². The van der Waals surface area contributed by atoms with Gasteiger partial charge >= 0.3 is 0 Å². The molecule has 130 valence electrons. The maximum Gasteiger partial charge on any atom is 0.245 e. The second-order valence-corrected chi connectivity index (χ2v) is 6.53. The fraction of sp³-hybridized carbons (Fsp3) is 0.263. The minimum absolute atomic E-state index is 0.00615. The highest BCUT2D eigenvalue weighted by atomic mass is 35.5. The van der Waals surface area contributed by atoms with Crippen molar-refractivity contribution in [3.05, 3.63) is 70.5 Å². The van der Waals surface area contributed by atoms with Gasteiger partial charge in [0.1, 0.15) is 18.4 Å². The van der Waals surface area contributed by atoms with E-state index in [2.05, 4.69) is 0 Å². The quantitative estimate of drug-likeness (QED) is 0.839. The standard InChI is InChI=1S/C19H18ClFN2O2/c1-13-19(25)22(10-14-5-3-2-4-6-14)12-18(24)23(13)11-15-7-8-17(21)16(20)9-15/h2-9,13H,10-12H2,1H3/t13-/m1/s1. The number of halogens is 2. The second-order valence-electron chi connectivity index (χ2n) is 6.13. The molecule has 1 aliphatic rings. The smallest absolute Gasteiger partial charge is 0.245 e. The molecule has 0 aliphatic carbocycles. The van der Waals surface area contributed by atoms with E-state index in [1.165, 1.54) is 17.0 Å². The van der Waals surface area contributed by atoms with E-state index in [-0.39, 0.29) is 29.9 Å². The molecule has 4 nitrogen and oxygen atoms in total. The van der Waals surface area contributed by atoms with Crippen LogP contribution in [0, 0.1) is 5.82 Å². The van der Waals surface area contributed by atoms with Crippen LogP contribution in [0.4, 0.5) is 4.39 Å². The summed E-state index contributed by atoms with van der Waals surface area (Å²) < 4.78 is 13.3. The van der Waals surface area contributed by atoms with E-state index in [1.807, 2.05) is 30.3 Å². The first kappa shape index (κ1) is 17.4. The molecule has 1 atom stereocenters. The van der Waals surface area contributed by atoms with Crippen LogP contribution >= 0.6 is 11.6 Å². The molecule has 6 heteroatoms. The number of nitrogens with zero attached hydrogens (tertiary/aromatic N) is 2. The molecule has 0 radical (unpaired) electrons. The Balaban J connectivity index is 1.73. The topological polar surface area (TPSA) is 40.6 Å². The second kappa shape index (κ2) is 7.23. The largest absolute Gasteiger partial charge is 0.327 e. The van der Waals surface area contributed by atoms with Crippen LogP contribution in [0.1, 0.15) is 18.1 Å². The molecule has 2 amide bonds. The lowest BCUT2D eigenvalue weighted by Gasteiger charge is -2.38. The summed E-state index contributed by atoms with van der Waals surface area (Å²) in [5.74, 6) is -0.742. The van der Waals surface area contributed by atoms with Gasteiger partial charge in [0.2, 0.25) is 11.8 Å². The zero-order valence-corrected chi connectivity index (χ0v) is 14.5. The van der Waals surface area contributed by atoms with Crippen LogP contribution in [0.25, 0.3) is 0 Å². The van der Waals surface area contributed by atoms with Crippen LogP contribution < -0.4 is 0 Å². The Labute approximate surface area is 150 Å². The summed E-state index contributed by atoms with van der Waals surface area (Å²) in [6.45, 7) is 2.38. The van der Waals surface area contributed by atoms with Gasteiger partial charge < -0.3 is 9.80 Å². The van der Waals surface area contributed by atoms with E-state index in [9.17, 15) is 14.0 Å². The van der Waals surface area contributed by atoms with Crippen molar-refractivity contribution in [2.45, 2.75) is 26.1 Å². The molecule has 1 fully saturated rings. The molecular weight excluding hydrogens is 343 g/mol. The summed E-state index contributed by atoms with van der Waals surface area (Å²) in [5, 5.41) is 0.00615. The Morgan fingerprint density at radius 2 is 1.80 bits per heavy atom.